The summed E-state index contributed by atoms with van der Waals surface area (Å²) in [5.41, 5.74) is 2.10. The molecule has 3 nitrogen and oxygen atoms in total. The second kappa shape index (κ2) is 4.76. The lowest BCUT2D eigenvalue weighted by Gasteiger charge is -2.21. The number of aromatic nitrogens is 1. The Balaban J connectivity index is 1.93. The van der Waals surface area contributed by atoms with Crippen LogP contribution in [-0.2, 0) is 6.42 Å². The number of carbonyl (C=O) groups excluding carboxylic acids is 2. The van der Waals surface area contributed by atoms with Gasteiger partial charge in [0, 0.05) is 11.8 Å². The maximum Gasteiger partial charge on any atom is 0.191 e. The predicted molar refractivity (Wildman–Crippen MR) is 71.2 cm³/mol. The van der Waals surface area contributed by atoms with Crippen molar-refractivity contribution in [1.29, 1.82) is 0 Å². The van der Waals surface area contributed by atoms with Crippen molar-refractivity contribution in [3.05, 3.63) is 65.5 Å². The van der Waals surface area contributed by atoms with Crippen LogP contribution in [0, 0.1) is 5.92 Å². The Morgan fingerprint density at radius 2 is 1.89 bits per heavy atom. The van der Waals surface area contributed by atoms with E-state index in [1.165, 1.54) is 0 Å². The van der Waals surface area contributed by atoms with E-state index in [9.17, 15) is 9.59 Å². The molecular weight excluding hydrogens is 238 g/mol. The largest absolute Gasteiger partial charge is 0.293 e. The molecule has 1 atom stereocenters. The molecule has 1 aliphatic carbocycles. The number of Topliss-reactive ketones (excluding diaryl/α,β-unsaturated/α-hetero) is 2. The summed E-state index contributed by atoms with van der Waals surface area (Å²) in [5.74, 6) is -0.817. The molecule has 1 unspecified atom stereocenters. The highest BCUT2D eigenvalue weighted by Gasteiger charge is 2.33. The molecule has 3 heteroatoms. The molecule has 2 aromatic rings. The van der Waals surface area contributed by atoms with Gasteiger partial charge in [0.1, 0.15) is 5.69 Å². The summed E-state index contributed by atoms with van der Waals surface area (Å²) in [6, 6.07) is 12.7. The molecule has 0 saturated carbocycles. The number of hydrogen-bond acceptors (Lipinski definition) is 3. The second-order valence-electron chi connectivity index (χ2n) is 4.69. The average molecular weight is 251 g/mol. The molecule has 0 bridgehead atoms. The molecule has 1 aromatic heterocycles. The molecule has 0 radical (unpaired) electrons. The van der Waals surface area contributed by atoms with Crippen LogP contribution in [-0.4, -0.2) is 16.6 Å². The third-order valence-corrected chi connectivity index (χ3v) is 3.54. The highest BCUT2D eigenvalue weighted by Crippen LogP contribution is 2.27. The fourth-order valence-corrected chi connectivity index (χ4v) is 2.53. The van der Waals surface area contributed by atoms with Gasteiger partial charge in [-0.15, -0.1) is 0 Å². The Kier molecular flexibility index (Phi) is 2.95. The molecule has 0 saturated heterocycles. The molecule has 3 rings (SSSR count). The first-order chi connectivity index (χ1) is 9.27. The van der Waals surface area contributed by atoms with Gasteiger partial charge in [-0.3, -0.25) is 14.6 Å². The van der Waals surface area contributed by atoms with E-state index in [0.717, 1.165) is 12.0 Å². The second-order valence-corrected chi connectivity index (χ2v) is 4.69. The van der Waals surface area contributed by atoms with E-state index in [0.29, 0.717) is 17.7 Å². The minimum absolute atomic E-state index is 0.0718. The Bertz CT molecular complexity index is 634. The Morgan fingerprint density at radius 1 is 1.11 bits per heavy atom. The topological polar surface area (TPSA) is 47.0 Å². The van der Waals surface area contributed by atoms with Crippen LogP contribution in [0.4, 0.5) is 0 Å². The van der Waals surface area contributed by atoms with Crippen LogP contribution in [0.15, 0.2) is 48.7 Å². The van der Waals surface area contributed by atoms with Crippen molar-refractivity contribution in [1.82, 2.24) is 4.98 Å². The SMILES string of the molecule is O=C(c1ccccn1)C1CCc2ccccc2C1=O. The van der Waals surface area contributed by atoms with Gasteiger partial charge in [-0.05, 0) is 30.5 Å². The third kappa shape index (κ3) is 2.08. The van der Waals surface area contributed by atoms with Gasteiger partial charge in [0.05, 0.1) is 5.92 Å². The van der Waals surface area contributed by atoms with Gasteiger partial charge in [-0.25, -0.2) is 0 Å². The molecular formula is C16H13NO2. The van der Waals surface area contributed by atoms with E-state index in [1.54, 1.807) is 30.5 Å². The summed E-state index contributed by atoms with van der Waals surface area (Å²) >= 11 is 0. The number of fused-ring (bicyclic) bond motifs is 1. The predicted octanol–water partition coefficient (Wildman–Crippen LogP) is 2.71. The zero-order chi connectivity index (χ0) is 13.2. The zero-order valence-electron chi connectivity index (χ0n) is 10.4. The average Bonchev–Trinajstić information content (AvgIpc) is 2.48. The first-order valence-corrected chi connectivity index (χ1v) is 6.35. The number of hydrogen-bond donors (Lipinski definition) is 0. The van der Waals surface area contributed by atoms with E-state index < -0.39 is 5.92 Å². The van der Waals surface area contributed by atoms with Gasteiger partial charge in [-0.1, -0.05) is 30.3 Å². The molecule has 1 heterocycles. The van der Waals surface area contributed by atoms with E-state index >= 15 is 0 Å². The number of pyridine rings is 1. The standard InChI is InChI=1S/C16H13NO2/c18-15-12-6-2-1-5-11(12)8-9-13(15)16(19)14-7-3-4-10-17-14/h1-7,10,13H,8-9H2. The molecule has 0 aliphatic heterocycles. The van der Waals surface area contributed by atoms with Crippen molar-refractivity contribution in [3.8, 4) is 0 Å². The Morgan fingerprint density at radius 3 is 2.68 bits per heavy atom. The summed E-state index contributed by atoms with van der Waals surface area (Å²) in [6.07, 6.45) is 2.92. The van der Waals surface area contributed by atoms with Crippen molar-refractivity contribution >= 4 is 11.6 Å². The van der Waals surface area contributed by atoms with Gasteiger partial charge in [0.25, 0.3) is 0 Å². The third-order valence-electron chi connectivity index (χ3n) is 3.54. The smallest absolute Gasteiger partial charge is 0.191 e. The molecule has 0 N–H and O–H groups in total. The molecule has 1 aliphatic rings. The molecule has 1 aromatic carbocycles. The number of ketones is 2. The lowest BCUT2D eigenvalue weighted by atomic mass is 9.80. The van der Waals surface area contributed by atoms with Crippen LogP contribution in [0.5, 0.6) is 0 Å². The minimum atomic E-state index is -0.579. The summed E-state index contributed by atoms with van der Waals surface area (Å²) in [6.45, 7) is 0. The van der Waals surface area contributed by atoms with Crippen LogP contribution in [0.25, 0.3) is 0 Å². The van der Waals surface area contributed by atoms with Crippen LogP contribution in [0.1, 0.15) is 32.8 Å². The molecule has 19 heavy (non-hydrogen) atoms. The first-order valence-electron chi connectivity index (χ1n) is 6.35. The normalized spacial score (nSPS) is 17.9. The number of nitrogens with zero attached hydrogens (tertiary/aromatic N) is 1. The molecule has 94 valence electrons. The number of benzene rings is 1. The highest BCUT2D eigenvalue weighted by molar-refractivity contribution is 6.16. The minimum Gasteiger partial charge on any atom is -0.293 e. The Hall–Kier alpha value is -2.29. The summed E-state index contributed by atoms with van der Waals surface area (Å²) in [4.78, 5) is 28.8. The number of carbonyl (C=O) groups is 2. The maximum absolute atomic E-state index is 12.4. The van der Waals surface area contributed by atoms with Gasteiger partial charge in [0.15, 0.2) is 11.6 Å². The van der Waals surface area contributed by atoms with Crippen molar-refractivity contribution in [3.63, 3.8) is 0 Å². The summed E-state index contributed by atoms with van der Waals surface area (Å²) in [5, 5.41) is 0. The van der Waals surface area contributed by atoms with Crippen molar-refractivity contribution < 1.29 is 9.59 Å². The first kappa shape index (κ1) is 11.8. The quantitative estimate of drug-likeness (QED) is 0.609. The van der Waals surface area contributed by atoms with E-state index in [2.05, 4.69) is 4.98 Å². The van der Waals surface area contributed by atoms with Crippen LogP contribution >= 0.6 is 0 Å². The van der Waals surface area contributed by atoms with E-state index in [4.69, 9.17) is 0 Å². The van der Waals surface area contributed by atoms with Gasteiger partial charge < -0.3 is 0 Å². The monoisotopic (exact) mass is 251 g/mol. The van der Waals surface area contributed by atoms with Gasteiger partial charge in [0.2, 0.25) is 0 Å². The molecule has 0 spiro atoms. The van der Waals surface area contributed by atoms with E-state index in [-0.39, 0.29) is 11.6 Å². The fraction of sp³-hybridized carbons (Fsp3) is 0.188. The van der Waals surface area contributed by atoms with Gasteiger partial charge >= 0.3 is 0 Å². The summed E-state index contributed by atoms with van der Waals surface area (Å²) < 4.78 is 0. The Labute approximate surface area is 111 Å². The zero-order valence-corrected chi connectivity index (χ0v) is 10.4. The number of rotatable bonds is 2. The van der Waals surface area contributed by atoms with Crippen molar-refractivity contribution in [2.75, 3.05) is 0 Å². The lowest BCUT2D eigenvalue weighted by molar-refractivity contribution is 0.0787. The van der Waals surface area contributed by atoms with Crippen LogP contribution in [0.2, 0.25) is 0 Å². The van der Waals surface area contributed by atoms with Crippen LogP contribution < -0.4 is 0 Å². The molecule has 0 fully saturated rings. The van der Waals surface area contributed by atoms with E-state index in [1.807, 2.05) is 18.2 Å². The number of aryl methyl sites for hydroxylation is 1. The summed E-state index contributed by atoms with van der Waals surface area (Å²) in [7, 11) is 0. The molecule has 0 amide bonds. The van der Waals surface area contributed by atoms with Crippen LogP contribution in [0.3, 0.4) is 0 Å². The van der Waals surface area contributed by atoms with Crippen molar-refractivity contribution in [2.24, 2.45) is 5.92 Å². The van der Waals surface area contributed by atoms with Gasteiger partial charge in [-0.2, -0.15) is 0 Å². The highest BCUT2D eigenvalue weighted by atomic mass is 16.2. The van der Waals surface area contributed by atoms with Crippen molar-refractivity contribution in [2.45, 2.75) is 12.8 Å². The lowest BCUT2D eigenvalue weighted by Crippen LogP contribution is -2.30. The maximum atomic E-state index is 12.4. The fourth-order valence-electron chi connectivity index (χ4n) is 2.53.